The van der Waals surface area contributed by atoms with Crippen molar-refractivity contribution in [1.29, 1.82) is 0 Å². The van der Waals surface area contributed by atoms with Crippen LogP contribution in [0.4, 0.5) is 0 Å². The third-order valence-electron chi connectivity index (χ3n) is 4.43. The number of fused-ring (bicyclic) bond motifs is 2. The van der Waals surface area contributed by atoms with E-state index in [-0.39, 0.29) is 22.9 Å². The summed E-state index contributed by atoms with van der Waals surface area (Å²) >= 11 is 0. The molecule has 1 aromatic rings. The zero-order valence-corrected chi connectivity index (χ0v) is 11.8. The third kappa shape index (κ3) is 2.31. The molecule has 2 aliphatic heterocycles. The molecule has 2 saturated heterocycles. The Morgan fingerprint density at radius 3 is 2.61 bits per heavy atom. The van der Waals surface area contributed by atoms with E-state index in [4.69, 9.17) is 0 Å². The van der Waals surface area contributed by atoms with Crippen molar-refractivity contribution in [2.75, 3.05) is 19.6 Å². The van der Waals surface area contributed by atoms with Gasteiger partial charge in [-0.15, -0.1) is 0 Å². The highest BCUT2D eigenvalue weighted by Gasteiger charge is 2.53. The SMILES string of the molecule is O=C(O)C1C[N+]2(Cc3ccccc3)CCC1C2.[Br-]. The molecule has 0 aliphatic carbocycles. The minimum atomic E-state index is -0.595. The number of halogens is 1. The van der Waals surface area contributed by atoms with Crippen LogP contribution < -0.4 is 17.0 Å². The molecule has 2 aliphatic rings. The highest BCUT2D eigenvalue weighted by molar-refractivity contribution is 5.71. The number of carboxylic acid groups (broad SMARTS) is 1. The molecule has 1 aromatic carbocycles. The zero-order valence-electron chi connectivity index (χ0n) is 10.3. The predicted molar refractivity (Wildman–Crippen MR) is 64.2 cm³/mol. The van der Waals surface area contributed by atoms with E-state index >= 15 is 0 Å². The Labute approximate surface area is 118 Å². The van der Waals surface area contributed by atoms with Gasteiger partial charge in [0.15, 0.2) is 0 Å². The molecule has 2 heterocycles. The lowest BCUT2D eigenvalue weighted by molar-refractivity contribution is -0.923. The average molecular weight is 312 g/mol. The molecule has 3 unspecified atom stereocenters. The summed E-state index contributed by atoms with van der Waals surface area (Å²) < 4.78 is 0.992. The van der Waals surface area contributed by atoms with Gasteiger partial charge in [0, 0.05) is 17.9 Å². The zero-order chi connectivity index (χ0) is 11.9. The molecule has 0 saturated carbocycles. The van der Waals surface area contributed by atoms with Crippen LogP contribution in [0.3, 0.4) is 0 Å². The molecule has 0 aromatic heterocycles. The summed E-state index contributed by atoms with van der Waals surface area (Å²) in [7, 11) is 0. The average Bonchev–Trinajstić information content (AvgIpc) is 2.87. The van der Waals surface area contributed by atoms with Gasteiger partial charge >= 0.3 is 5.97 Å². The predicted octanol–water partition coefficient (Wildman–Crippen LogP) is -1.26. The fourth-order valence-electron chi connectivity index (χ4n) is 3.64. The fourth-order valence-corrected chi connectivity index (χ4v) is 3.64. The molecule has 3 nitrogen and oxygen atoms in total. The van der Waals surface area contributed by atoms with Crippen molar-refractivity contribution in [2.45, 2.75) is 13.0 Å². The second kappa shape index (κ2) is 5.02. The highest BCUT2D eigenvalue weighted by atomic mass is 79.9. The van der Waals surface area contributed by atoms with Gasteiger partial charge in [-0.2, -0.15) is 0 Å². The van der Waals surface area contributed by atoms with E-state index < -0.39 is 5.97 Å². The molecule has 0 radical (unpaired) electrons. The Hall–Kier alpha value is -0.870. The lowest BCUT2D eigenvalue weighted by Crippen LogP contribution is -3.00. The fraction of sp³-hybridized carbons (Fsp3) is 0.500. The number of quaternary nitrogens is 1. The van der Waals surface area contributed by atoms with E-state index in [1.165, 1.54) is 5.56 Å². The number of benzene rings is 1. The molecule has 98 valence electrons. The van der Waals surface area contributed by atoms with Crippen LogP contribution in [-0.2, 0) is 11.3 Å². The van der Waals surface area contributed by atoms with Crippen molar-refractivity contribution in [3.63, 3.8) is 0 Å². The second-order valence-electron chi connectivity index (χ2n) is 5.57. The first-order valence-corrected chi connectivity index (χ1v) is 6.30. The molecule has 3 rings (SSSR count). The standard InChI is InChI=1S/C14H17NO2.BrH/c16-14(17)13-10-15(7-6-12(13)9-15)8-11-4-2-1-3-5-11;/h1-5,12-13H,6-10H2;1H. The van der Waals surface area contributed by atoms with Crippen molar-refractivity contribution in [2.24, 2.45) is 11.8 Å². The van der Waals surface area contributed by atoms with E-state index in [1.54, 1.807) is 0 Å². The smallest absolute Gasteiger partial charge is 0.312 e. The topological polar surface area (TPSA) is 37.3 Å². The highest BCUT2D eigenvalue weighted by Crippen LogP contribution is 2.41. The first kappa shape index (κ1) is 13.6. The van der Waals surface area contributed by atoms with Gasteiger partial charge in [-0.3, -0.25) is 4.79 Å². The number of nitrogens with zero attached hydrogens (tertiary/aromatic N) is 1. The molecule has 18 heavy (non-hydrogen) atoms. The second-order valence-corrected chi connectivity index (χ2v) is 5.57. The molecule has 1 N–H and O–H groups in total. The van der Waals surface area contributed by atoms with Crippen molar-refractivity contribution in [1.82, 2.24) is 0 Å². The Balaban J connectivity index is 0.00000120. The molecule has 3 atom stereocenters. The first-order chi connectivity index (χ1) is 8.19. The quantitative estimate of drug-likeness (QED) is 0.708. The van der Waals surface area contributed by atoms with Gasteiger partial charge < -0.3 is 26.6 Å². The number of hydrogen-bond acceptors (Lipinski definition) is 1. The lowest BCUT2D eigenvalue weighted by atomic mass is 9.92. The van der Waals surface area contributed by atoms with Gasteiger partial charge in [0.2, 0.25) is 0 Å². The van der Waals surface area contributed by atoms with Crippen LogP contribution >= 0.6 is 0 Å². The van der Waals surface area contributed by atoms with E-state index in [9.17, 15) is 9.90 Å². The van der Waals surface area contributed by atoms with Crippen molar-refractivity contribution < 1.29 is 31.4 Å². The summed E-state index contributed by atoms with van der Waals surface area (Å²) in [6.45, 7) is 4.05. The Morgan fingerprint density at radius 1 is 1.28 bits per heavy atom. The first-order valence-electron chi connectivity index (χ1n) is 6.30. The molecular formula is C14H18BrNO2. The molecular weight excluding hydrogens is 294 g/mol. The Bertz CT molecular complexity index is 437. The number of piperidine rings is 1. The van der Waals surface area contributed by atoms with Crippen LogP contribution in [0.15, 0.2) is 30.3 Å². The van der Waals surface area contributed by atoms with Crippen LogP contribution in [0, 0.1) is 11.8 Å². The summed E-state index contributed by atoms with van der Waals surface area (Å²) in [5.41, 5.74) is 1.33. The maximum Gasteiger partial charge on any atom is 0.312 e. The maximum atomic E-state index is 11.2. The molecule has 0 amide bonds. The van der Waals surface area contributed by atoms with Gasteiger partial charge in [-0.1, -0.05) is 30.3 Å². The number of carbonyl (C=O) groups is 1. The monoisotopic (exact) mass is 311 g/mol. The molecule has 4 heteroatoms. The summed E-state index contributed by atoms with van der Waals surface area (Å²) in [5, 5.41) is 9.21. The van der Waals surface area contributed by atoms with Gasteiger partial charge in [0.1, 0.15) is 12.5 Å². The van der Waals surface area contributed by atoms with Crippen LogP contribution in [0.2, 0.25) is 0 Å². The molecule has 2 bridgehead atoms. The largest absolute Gasteiger partial charge is 1.00 e. The minimum Gasteiger partial charge on any atom is -1.00 e. The van der Waals surface area contributed by atoms with Crippen LogP contribution in [0.25, 0.3) is 0 Å². The normalized spacial score (nSPS) is 33.1. The van der Waals surface area contributed by atoms with Crippen molar-refractivity contribution in [3.8, 4) is 0 Å². The van der Waals surface area contributed by atoms with Gasteiger partial charge in [0.25, 0.3) is 0 Å². The Kier molecular flexibility index (Phi) is 3.78. The number of carboxylic acids is 1. The summed E-state index contributed by atoms with van der Waals surface area (Å²) in [6.07, 6.45) is 1.09. The third-order valence-corrected chi connectivity index (χ3v) is 4.43. The number of rotatable bonds is 3. The van der Waals surface area contributed by atoms with Crippen LogP contribution in [0.1, 0.15) is 12.0 Å². The van der Waals surface area contributed by atoms with Crippen LogP contribution in [0.5, 0.6) is 0 Å². The Morgan fingerprint density at radius 2 is 2.00 bits per heavy atom. The van der Waals surface area contributed by atoms with Crippen LogP contribution in [-0.4, -0.2) is 35.2 Å². The van der Waals surface area contributed by atoms with E-state index in [2.05, 4.69) is 24.3 Å². The number of aliphatic carboxylic acids is 1. The van der Waals surface area contributed by atoms with E-state index in [1.807, 2.05) is 6.07 Å². The summed E-state index contributed by atoms with van der Waals surface area (Å²) in [4.78, 5) is 11.2. The van der Waals surface area contributed by atoms with Gasteiger partial charge in [0.05, 0.1) is 19.6 Å². The van der Waals surface area contributed by atoms with Crippen molar-refractivity contribution in [3.05, 3.63) is 35.9 Å². The summed E-state index contributed by atoms with van der Waals surface area (Å²) in [5.74, 6) is -0.286. The van der Waals surface area contributed by atoms with Crippen molar-refractivity contribution >= 4 is 5.97 Å². The number of hydrogen-bond donors (Lipinski definition) is 1. The maximum absolute atomic E-state index is 11.2. The minimum absolute atomic E-state index is 0. The van der Waals surface area contributed by atoms with Gasteiger partial charge in [-0.05, 0) is 0 Å². The van der Waals surface area contributed by atoms with E-state index in [0.717, 1.165) is 37.1 Å². The molecule has 0 spiro atoms. The van der Waals surface area contributed by atoms with Gasteiger partial charge in [-0.25, -0.2) is 0 Å². The molecule has 2 fully saturated rings. The summed E-state index contributed by atoms with van der Waals surface area (Å²) in [6, 6.07) is 10.4. The lowest BCUT2D eigenvalue weighted by Gasteiger charge is -2.33. The van der Waals surface area contributed by atoms with E-state index in [0.29, 0.717) is 5.92 Å².